The molecule has 23 nitrogen and oxygen atoms in total. The van der Waals surface area contributed by atoms with Gasteiger partial charge in [-0.25, -0.2) is 48.3 Å². The van der Waals surface area contributed by atoms with Crippen molar-refractivity contribution in [1.29, 1.82) is 0 Å². The minimum absolute atomic E-state index is 0.0381. The Labute approximate surface area is 429 Å². The van der Waals surface area contributed by atoms with Crippen molar-refractivity contribution >= 4 is 74.6 Å². The minimum atomic E-state index is -1.33. The van der Waals surface area contributed by atoms with Gasteiger partial charge in [-0.2, -0.15) is 4.98 Å². The van der Waals surface area contributed by atoms with Gasteiger partial charge in [0, 0.05) is 48.2 Å². The number of aromatic amines is 1. The number of aryl methyl sites for hydroxylation is 2. The number of hydrogen-bond donors (Lipinski definition) is 7. The van der Waals surface area contributed by atoms with Crippen molar-refractivity contribution in [3.05, 3.63) is 140 Å². The first-order valence-corrected chi connectivity index (χ1v) is 23.6. The summed E-state index contributed by atoms with van der Waals surface area (Å²) in [7, 11) is 0. The zero-order chi connectivity index (χ0) is 53.2. The van der Waals surface area contributed by atoms with Crippen molar-refractivity contribution < 1.29 is 33.0 Å². The summed E-state index contributed by atoms with van der Waals surface area (Å²) >= 11 is 6.67. The third-order valence-corrected chi connectivity index (χ3v) is 12.0. The summed E-state index contributed by atoms with van der Waals surface area (Å²) in [5.74, 6) is -3.63. The van der Waals surface area contributed by atoms with E-state index < -0.39 is 47.1 Å². The number of unbranched alkanes of at least 4 members (excludes halogenated alkanes) is 2. The molecule has 0 spiro atoms. The van der Waals surface area contributed by atoms with E-state index >= 15 is 4.39 Å². The number of carbonyl (C=O) groups is 3. The van der Waals surface area contributed by atoms with Gasteiger partial charge in [0.1, 0.15) is 28.8 Å². The Morgan fingerprint density at radius 1 is 0.947 bits per heavy atom. The van der Waals surface area contributed by atoms with E-state index in [2.05, 4.69) is 76.3 Å². The average Bonchev–Trinajstić information content (AvgIpc) is 3.86. The third-order valence-electron chi connectivity index (χ3n) is 11.5. The standard InChI is InChI=1S/C49H46ClF2N17O6/c1-25(33-17-30(54-3)11-12-34(33)51)61-42-39(50)26(2)60-37-18-35(52)40(64-41(37)42)28-19-58-49(59-20-28)75-16-6-4-5-15-69-24-32(67-68-69)23-56-38(70)14-13-36(47(73)74)63-45(71)27-7-9-29(10-8-27)55-21-31-22-57-44-43(62-31)46(72)66-48(53)65-44/h7-12,17-20,22,24-25,36,55H,4-6,13-16,21,23H2,1-2H3,(H,56,70)(H,60,61)(H,63,71)(H,73,74)(H3,53,57,65,66,72)/t25-,36+/m1/s1. The van der Waals surface area contributed by atoms with Crippen LogP contribution < -0.4 is 37.3 Å². The lowest BCUT2D eigenvalue weighted by Crippen LogP contribution is -2.41. The molecule has 26 heteroatoms. The maximum absolute atomic E-state index is 15.5. The van der Waals surface area contributed by atoms with Gasteiger partial charge in [-0.1, -0.05) is 22.9 Å². The van der Waals surface area contributed by atoms with Gasteiger partial charge < -0.3 is 36.8 Å². The van der Waals surface area contributed by atoms with Gasteiger partial charge in [0.05, 0.1) is 72.3 Å². The number of benzene rings is 2. The number of halogens is 3. The first kappa shape index (κ1) is 52.0. The third kappa shape index (κ3) is 13.0. The predicted octanol–water partition coefficient (Wildman–Crippen LogP) is 6.39. The number of amides is 2. The number of hydrogen-bond acceptors (Lipinski definition) is 17. The molecule has 384 valence electrons. The number of anilines is 3. The number of nitrogens with two attached hydrogens (primary N) is 1. The molecule has 2 aromatic carbocycles. The lowest BCUT2D eigenvalue weighted by atomic mass is 10.1. The number of nitrogens with zero attached hydrogens (tertiary/aromatic N) is 11. The monoisotopic (exact) mass is 1040 g/mol. The highest BCUT2D eigenvalue weighted by atomic mass is 35.5. The minimum Gasteiger partial charge on any atom is -0.480 e. The molecule has 8 N–H and O–H groups in total. The second-order valence-corrected chi connectivity index (χ2v) is 17.4. The van der Waals surface area contributed by atoms with Crippen molar-refractivity contribution in [2.75, 3.05) is 23.0 Å². The lowest BCUT2D eigenvalue weighted by Gasteiger charge is -2.20. The summed E-state index contributed by atoms with van der Waals surface area (Å²) in [6, 6.07) is 9.64. The molecular weight excluding hydrogens is 996 g/mol. The topological polar surface area (TPSA) is 313 Å². The number of fused-ring (bicyclic) bond motifs is 2. The zero-order valence-electron chi connectivity index (χ0n) is 40.1. The molecule has 0 aliphatic rings. The molecule has 2 atom stereocenters. The SMILES string of the molecule is [C-]#[N+]c1ccc(F)c([C@@H](C)Nc2c(Cl)c(C)nc3cc(F)c(-c4cnc(OCCCCCn5cc(CNC(=O)CC[C@H](NC(=O)c6ccc(NCc7cnc8nc(N)[nH]c(=O)c8n7)cc6)C(=O)O)nn5)nc4)nc23)c1. The summed E-state index contributed by atoms with van der Waals surface area (Å²) in [5.41, 5.74) is 8.85. The van der Waals surface area contributed by atoms with Crippen LogP contribution in [0.15, 0.2) is 78.1 Å². The Hall–Kier alpha value is -9.31. The van der Waals surface area contributed by atoms with Gasteiger partial charge in [0.25, 0.3) is 11.5 Å². The summed E-state index contributed by atoms with van der Waals surface area (Å²) in [5, 5.41) is 29.7. The molecule has 0 saturated heterocycles. The van der Waals surface area contributed by atoms with Crippen LogP contribution in [0.1, 0.15) is 78.1 Å². The lowest BCUT2D eigenvalue weighted by molar-refractivity contribution is -0.139. The van der Waals surface area contributed by atoms with E-state index in [-0.39, 0.29) is 93.2 Å². The molecule has 8 rings (SSSR count). The molecular formula is C49H46ClF2N17O6. The zero-order valence-corrected chi connectivity index (χ0v) is 40.8. The first-order valence-electron chi connectivity index (χ1n) is 23.2. The number of ether oxygens (including phenoxy) is 1. The molecule has 2 amide bonds. The Morgan fingerprint density at radius 3 is 2.49 bits per heavy atom. The van der Waals surface area contributed by atoms with Gasteiger partial charge in [-0.3, -0.25) is 24.0 Å². The van der Waals surface area contributed by atoms with Crippen LogP contribution in [0.5, 0.6) is 6.01 Å². The Bertz CT molecular complexity index is 3520. The van der Waals surface area contributed by atoms with Crippen LogP contribution in [0, 0.1) is 25.1 Å². The van der Waals surface area contributed by atoms with E-state index in [4.69, 9.17) is 28.6 Å². The van der Waals surface area contributed by atoms with Gasteiger partial charge in [-0.15, -0.1) is 5.10 Å². The van der Waals surface area contributed by atoms with Crippen molar-refractivity contribution in [3.8, 4) is 17.3 Å². The molecule has 0 aliphatic carbocycles. The van der Waals surface area contributed by atoms with E-state index in [1.165, 1.54) is 55.0 Å². The Morgan fingerprint density at radius 2 is 1.73 bits per heavy atom. The van der Waals surface area contributed by atoms with Crippen LogP contribution in [-0.4, -0.2) is 90.4 Å². The fourth-order valence-electron chi connectivity index (χ4n) is 7.62. The number of pyridine rings is 2. The largest absolute Gasteiger partial charge is 0.480 e. The number of aliphatic carboxylic acids is 1. The molecule has 6 heterocycles. The maximum atomic E-state index is 15.5. The number of carboxylic acid groups (broad SMARTS) is 1. The number of H-pyrrole nitrogens is 1. The number of carboxylic acids is 1. The first-order chi connectivity index (χ1) is 36.1. The normalized spacial score (nSPS) is 11.9. The van der Waals surface area contributed by atoms with E-state index in [9.17, 15) is 28.7 Å². The van der Waals surface area contributed by atoms with Crippen molar-refractivity contribution in [3.63, 3.8) is 0 Å². The van der Waals surface area contributed by atoms with Crippen LogP contribution in [0.4, 0.5) is 31.8 Å². The molecule has 6 aromatic heterocycles. The second-order valence-electron chi connectivity index (χ2n) is 17.0. The number of aromatic nitrogens is 11. The summed E-state index contributed by atoms with van der Waals surface area (Å²) in [6.07, 6.45) is 7.71. The van der Waals surface area contributed by atoms with Crippen LogP contribution in [0.2, 0.25) is 5.02 Å². The molecule has 0 radical (unpaired) electrons. The van der Waals surface area contributed by atoms with E-state index in [1.54, 1.807) is 36.9 Å². The van der Waals surface area contributed by atoms with Crippen LogP contribution >= 0.6 is 11.6 Å². The highest BCUT2D eigenvalue weighted by Crippen LogP contribution is 2.37. The summed E-state index contributed by atoms with van der Waals surface area (Å²) in [4.78, 5) is 85.3. The second kappa shape index (κ2) is 23.5. The smallest absolute Gasteiger partial charge is 0.326 e. The number of nitrogens with one attached hydrogen (secondary N) is 5. The van der Waals surface area contributed by atoms with E-state index in [0.29, 0.717) is 48.0 Å². The Kier molecular flexibility index (Phi) is 16.3. The average molecular weight is 1040 g/mol. The van der Waals surface area contributed by atoms with Crippen molar-refractivity contribution in [2.24, 2.45) is 0 Å². The number of nitrogen functional groups attached to an aromatic ring is 1. The van der Waals surface area contributed by atoms with Gasteiger partial charge >= 0.3 is 12.0 Å². The van der Waals surface area contributed by atoms with Gasteiger partial charge in [-0.05, 0) is 81.5 Å². The van der Waals surface area contributed by atoms with E-state index in [0.717, 1.165) is 12.8 Å². The van der Waals surface area contributed by atoms with Crippen LogP contribution in [-0.2, 0) is 29.2 Å². The molecule has 0 bridgehead atoms. The fraction of sp³-hybridized carbons (Fsp3) is 0.265. The highest BCUT2D eigenvalue weighted by Gasteiger charge is 2.23. The van der Waals surface area contributed by atoms with E-state index in [1.807, 2.05) is 0 Å². The molecule has 0 unspecified atom stereocenters. The van der Waals surface area contributed by atoms with Crippen molar-refractivity contribution in [1.82, 2.24) is 65.5 Å². The number of rotatable bonds is 22. The molecule has 0 fully saturated rings. The molecule has 75 heavy (non-hydrogen) atoms. The van der Waals surface area contributed by atoms with Gasteiger partial charge in [0.2, 0.25) is 11.9 Å². The van der Waals surface area contributed by atoms with Crippen molar-refractivity contribution in [2.45, 2.75) is 77.7 Å². The number of carbonyl (C=O) groups excluding carboxylic acids is 2. The highest BCUT2D eigenvalue weighted by molar-refractivity contribution is 6.35. The summed E-state index contributed by atoms with van der Waals surface area (Å²) < 4.78 is 37.7. The Balaban J connectivity index is 0.737. The fourth-order valence-corrected chi connectivity index (χ4v) is 7.81. The predicted molar refractivity (Wildman–Crippen MR) is 270 cm³/mol. The quantitative estimate of drug-likeness (QED) is 0.0285. The van der Waals surface area contributed by atoms with Crippen LogP contribution in [0.25, 0.3) is 38.3 Å². The summed E-state index contributed by atoms with van der Waals surface area (Å²) in [6.45, 7) is 11.8. The molecule has 8 aromatic rings. The van der Waals surface area contributed by atoms with Crippen LogP contribution in [0.3, 0.4) is 0 Å². The molecule has 0 saturated carbocycles. The van der Waals surface area contributed by atoms with Gasteiger partial charge in [0.15, 0.2) is 22.7 Å². The molecule has 0 aliphatic heterocycles. The maximum Gasteiger partial charge on any atom is 0.326 e.